The topological polar surface area (TPSA) is 76.9 Å². The van der Waals surface area contributed by atoms with Crippen LogP contribution >= 0.6 is 34.7 Å². The molecule has 35 heavy (non-hydrogen) atoms. The smallest absolute Gasteiger partial charge is 0.266 e. The number of hydrogen-bond acceptors (Lipinski definition) is 6. The molecule has 0 aliphatic heterocycles. The number of aromatic nitrogens is 3. The van der Waals surface area contributed by atoms with E-state index < -0.39 is 0 Å². The molecule has 2 heterocycles. The molecular weight excluding hydrogens is 500 g/mol. The molecule has 0 aliphatic rings. The molecule has 5 rings (SSSR count). The fourth-order valence-electron chi connectivity index (χ4n) is 3.56. The van der Waals surface area contributed by atoms with Gasteiger partial charge in [-0.25, -0.2) is 9.97 Å². The highest BCUT2D eigenvalue weighted by Crippen LogP contribution is 2.26. The van der Waals surface area contributed by atoms with E-state index in [1.807, 2.05) is 54.8 Å². The van der Waals surface area contributed by atoms with Crippen molar-refractivity contribution in [1.29, 1.82) is 0 Å². The monoisotopic (exact) mass is 518 g/mol. The Morgan fingerprint density at radius 2 is 1.83 bits per heavy atom. The molecule has 0 atom stereocenters. The van der Waals surface area contributed by atoms with Crippen LogP contribution in [-0.4, -0.2) is 26.2 Å². The number of amides is 1. The molecule has 6 nitrogen and oxygen atoms in total. The number of aryl methyl sites for hydroxylation is 1. The van der Waals surface area contributed by atoms with Gasteiger partial charge in [-0.15, -0.1) is 11.3 Å². The zero-order valence-corrected chi connectivity index (χ0v) is 21.0. The van der Waals surface area contributed by atoms with Crippen LogP contribution in [0.1, 0.15) is 5.56 Å². The summed E-state index contributed by atoms with van der Waals surface area (Å²) in [5.41, 5.74) is 3.66. The van der Waals surface area contributed by atoms with Gasteiger partial charge in [0.05, 0.1) is 28.0 Å². The van der Waals surface area contributed by atoms with Gasteiger partial charge in [-0.05, 0) is 42.8 Å². The third kappa shape index (κ3) is 5.00. The van der Waals surface area contributed by atoms with Gasteiger partial charge in [0.15, 0.2) is 10.3 Å². The maximum Gasteiger partial charge on any atom is 0.266 e. The van der Waals surface area contributed by atoms with Crippen LogP contribution in [0.25, 0.3) is 27.8 Å². The summed E-state index contributed by atoms with van der Waals surface area (Å²) >= 11 is 8.76. The molecular formula is C26H19ClN4O2S2. The van der Waals surface area contributed by atoms with E-state index in [0.29, 0.717) is 31.9 Å². The lowest BCUT2D eigenvalue weighted by molar-refractivity contribution is -0.113. The standard InChI is InChI=1S/C26H19ClN4O2S2/c1-16-13-18(11-12-20(16)27)31-24(33)19-9-5-6-10-21(19)29-26(31)35-15-23(32)30-25-28-22(14-34-25)17-7-3-2-4-8-17/h2-14H,15H2,1H3,(H,28,30,32). The van der Waals surface area contributed by atoms with Crippen LogP contribution in [-0.2, 0) is 4.79 Å². The van der Waals surface area contributed by atoms with E-state index in [-0.39, 0.29) is 17.2 Å². The van der Waals surface area contributed by atoms with E-state index >= 15 is 0 Å². The number of rotatable bonds is 6. The number of nitrogens with zero attached hydrogens (tertiary/aromatic N) is 3. The van der Waals surface area contributed by atoms with E-state index in [1.165, 1.54) is 27.7 Å². The Labute approximate surface area is 214 Å². The molecule has 0 radical (unpaired) electrons. The molecule has 2 aromatic heterocycles. The lowest BCUT2D eigenvalue weighted by atomic mass is 10.2. The Bertz CT molecular complexity index is 1600. The van der Waals surface area contributed by atoms with Crippen molar-refractivity contribution in [1.82, 2.24) is 14.5 Å². The second kappa shape index (κ2) is 10.0. The van der Waals surface area contributed by atoms with Gasteiger partial charge >= 0.3 is 0 Å². The lowest BCUT2D eigenvalue weighted by Gasteiger charge is -2.14. The molecule has 0 fully saturated rings. The number of carbonyl (C=O) groups excluding carboxylic acids is 1. The third-order valence-electron chi connectivity index (χ3n) is 5.30. The van der Waals surface area contributed by atoms with Crippen molar-refractivity contribution in [2.45, 2.75) is 12.1 Å². The van der Waals surface area contributed by atoms with Crippen molar-refractivity contribution in [2.24, 2.45) is 0 Å². The number of nitrogens with one attached hydrogen (secondary N) is 1. The number of thiazole rings is 1. The first-order chi connectivity index (χ1) is 17.0. The van der Waals surface area contributed by atoms with Crippen molar-refractivity contribution >= 4 is 56.6 Å². The average molecular weight is 519 g/mol. The molecule has 0 saturated carbocycles. The van der Waals surface area contributed by atoms with Crippen molar-refractivity contribution in [3.05, 3.63) is 99.1 Å². The van der Waals surface area contributed by atoms with Gasteiger partial charge in [-0.1, -0.05) is 65.8 Å². The minimum Gasteiger partial charge on any atom is -0.301 e. The van der Waals surface area contributed by atoms with Gasteiger partial charge in [0, 0.05) is 16.0 Å². The summed E-state index contributed by atoms with van der Waals surface area (Å²) in [6.45, 7) is 1.88. The fourth-order valence-corrected chi connectivity index (χ4v) is 5.23. The highest BCUT2D eigenvalue weighted by Gasteiger charge is 2.16. The number of hydrogen-bond donors (Lipinski definition) is 1. The molecule has 1 amide bonds. The van der Waals surface area contributed by atoms with Gasteiger partial charge in [0.1, 0.15) is 0 Å². The van der Waals surface area contributed by atoms with Crippen molar-refractivity contribution < 1.29 is 4.79 Å². The number of carbonyl (C=O) groups is 1. The molecule has 0 unspecified atom stereocenters. The number of fused-ring (bicyclic) bond motifs is 1. The van der Waals surface area contributed by atoms with E-state index in [1.54, 1.807) is 30.3 Å². The second-order valence-corrected chi connectivity index (χ2v) is 9.93. The minimum atomic E-state index is -0.231. The predicted octanol–water partition coefficient (Wildman–Crippen LogP) is 6.20. The van der Waals surface area contributed by atoms with Crippen molar-refractivity contribution in [3.63, 3.8) is 0 Å². The van der Waals surface area contributed by atoms with Gasteiger partial charge in [-0.2, -0.15) is 0 Å². The highest BCUT2D eigenvalue weighted by molar-refractivity contribution is 7.99. The zero-order valence-electron chi connectivity index (χ0n) is 18.6. The second-order valence-electron chi connectivity index (χ2n) is 7.73. The van der Waals surface area contributed by atoms with E-state index in [2.05, 4.69) is 15.3 Å². The Balaban J connectivity index is 1.41. The maximum atomic E-state index is 13.4. The summed E-state index contributed by atoms with van der Waals surface area (Å²) in [6, 6.07) is 22.3. The molecule has 9 heteroatoms. The summed E-state index contributed by atoms with van der Waals surface area (Å²) in [5, 5.41) is 6.82. The first-order valence-electron chi connectivity index (χ1n) is 10.7. The number of benzene rings is 3. The largest absolute Gasteiger partial charge is 0.301 e. The summed E-state index contributed by atoms with van der Waals surface area (Å²) in [7, 11) is 0. The molecule has 5 aromatic rings. The lowest BCUT2D eigenvalue weighted by Crippen LogP contribution is -2.23. The van der Waals surface area contributed by atoms with Gasteiger partial charge in [0.25, 0.3) is 5.56 Å². The van der Waals surface area contributed by atoms with Crippen LogP contribution in [0.15, 0.2) is 88.1 Å². The summed E-state index contributed by atoms with van der Waals surface area (Å²) in [5.74, 6) is -0.164. The summed E-state index contributed by atoms with van der Waals surface area (Å²) < 4.78 is 1.53. The summed E-state index contributed by atoms with van der Waals surface area (Å²) in [4.78, 5) is 35.3. The predicted molar refractivity (Wildman–Crippen MR) is 144 cm³/mol. The Hall–Kier alpha value is -3.46. The van der Waals surface area contributed by atoms with E-state index in [4.69, 9.17) is 11.6 Å². The number of thioether (sulfide) groups is 1. The van der Waals surface area contributed by atoms with Crippen LogP contribution in [0.4, 0.5) is 5.13 Å². The normalized spacial score (nSPS) is 11.0. The van der Waals surface area contributed by atoms with Crippen molar-refractivity contribution in [3.8, 4) is 16.9 Å². The van der Waals surface area contributed by atoms with Crippen LogP contribution in [0.2, 0.25) is 5.02 Å². The number of halogens is 1. The SMILES string of the molecule is Cc1cc(-n2c(SCC(=O)Nc3nc(-c4ccccc4)cs3)nc3ccccc3c2=O)ccc1Cl. The number of anilines is 1. The maximum absolute atomic E-state index is 13.4. The van der Waals surface area contributed by atoms with Crippen LogP contribution in [0.3, 0.4) is 0 Å². The van der Waals surface area contributed by atoms with Crippen LogP contribution in [0.5, 0.6) is 0 Å². The molecule has 0 aliphatic carbocycles. The quantitative estimate of drug-likeness (QED) is 0.214. The highest BCUT2D eigenvalue weighted by atomic mass is 35.5. The molecule has 0 saturated heterocycles. The molecule has 3 aromatic carbocycles. The third-order valence-corrected chi connectivity index (χ3v) is 7.42. The Morgan fingerprint density at radius 1 is 1.06 bits per heavy atom. The molecule has 1 N–H and O–H groups in total. The molecule has 174 valence electrons. The summed E-state index contributed by atoms with van der Waals surface area (Å²) in [6.07, 6.45) is 0. The Kier molecular flexibility index (Phi) is 6.68. The Morgan fingerprint density at radius 3 is 2.63 bits per heavy atom. The van der Waals surface area contributed by atoms with Crippen LogP contribution in [0, 0.1) is 6.92 Å². The van der Waals surface area contributed by atoms with Gasteiger partial charge < -0.3 is 5.32 Å². The molecule has 0 bridgehead atoms. The van der Waals surface area contributed by atoms with Crippen molar-refractivity contribution in [2.75, 3.05) is 11.1 Å². The van der Waals surface area contributed by atoms with Gasteiger partial charge in [0.2, 0.25) is 5.91 Å². The number of para-hydroxylation sites is 1. The van der Waals surface area contributed by atoms with E-state index in [9.17, 15) is 9.59 Å². The molecule has 0 spiro atoms. The zero-order chi connectivity index (χ0) is 24.4. The first kappa shape index (κ1) is 23.3. The average Bonchev–Trinajstić information content (AvgIpc) is 3.34. The fraction of sp³-hybridized carbons (Fsp3) is 0.0769. The van der Waals surface area contributed by atoms with E-state index in [0.717, 1.165) is 16.8 Å². The van der Waals surface area contributed by atoms with Gasteiger partial charge in [-0.3, -0.25) is 14.2 Å². The minimum absolute atomic E-state index is 0.0671. The first-order valence-corrected chi connectivity index (χ1v) is 13.0. The van der Waals surface area contributed by atoms with Crippen LogP contribution < -0.4 is 10.9 Å².